The minimum absolute atomic E-state index is 0.193. The van der Waals surface area contributed by atoms with Crippen LogP contribution < -0.4 is 0 Å². The molecule has 1 spiro atoms. The van der Waals surface area contributed by atoms with Crippen LogP contribution in [-0.4, -0.2) is 57.9 Å². The average Bonchev–Trinajstić information content (AvgIpc) is 3.27. The van der Waals surface area contributed by atoms with E-state index in [1.807, 2.05) is 6.92 Å². The van der Waals surface area contributed by atoms with Crippen LogP contribution in [0.2, 0.25) is 0 Å². The van der Waals surface area contributed by atoms with E-state index in [9.17, 15) is 5.11 Å². The van der Waals surface area contributed by atoms with Crippen molar-refractivity contribution in [2.24, 2.45) is 5.41 Å². The highest BCUT2D eigenvalue weighted by atomic mass is 16.4. The second kappa shape index (κ2) is 8.09. The number of aryl methyl sites for hydroxylation is 1. The third-order valence-corrected chi connectivity index (χ3v) is 6.20. The number of rotatable bonds is 6. The molecule has 2 aliphatic rings. The molecule has 6 heteroatoms. The molecule has 3 heterocycles. The number of aliphatic hydroxyl groups excluding tert-OH is 1. The Morgan fingerprint density at radius 1 is 1.19 bits per heavy atom. The zero-order valence-corrected chi connectivity index (χ0v) is 16.2. The number of hydrogen-bond acceptors (Lipinski definition) is 6. The zero-order chi connectivity index (χ0) is 18.7. The summed E-state index contributed by atoms with van der Waals surface area (Å²) in [4.78, 5) is 5.03. The van der Waals surface area contributed by atoms with E-state index in [2.05, 4.69) is 50.3 Å². The van der Waals surface area contributed by atoms with Gasteiger partial charge in [0.1, 0.15) is 0 Å². The summed E-state index contributed by atoms with van der Waals surface area (Å²) in [6, 6.07) is 10.9. The molecule has 0 bridgehead atoms. The first-order chi connectivity index (χ1) is 13.2. The molecule has 0 saturated carbocycles. The van der Waals surface area contributed by atoms with Crippen molar-refractivity contribution in [3.05, 3.63) is 47.7 Å². The maximum absolute atomic E-state index is 9.28. The maximum atomic E-state index is 9.28. The lowest BCUT2D eigenvalue weighted by atomic mass is 9.76. The molecule has 1 atom stereocenters. The summed E-state index contributed by atoms with van der Waals surface area (Å²) in [5, 5.41) is 17.6. The van der Waals surface area contributed by atoms with E-state index in [0.29, 0.717) is 11.3 Å². The van der Waals surface area contributed by atoms with E-state index in [1.165, 1.54) is 18.4 Å². The monoisotopic (exact) mass is 370 g/mol. The van der Waals surface area contributed by atoms with Crippen molar-refractivity contribution in [3.8, 4) is 0 Å². The molecule has 1 N–H and O–H groups in total. The molecular formula is C21H30N4O2. The molecule has 1 unspecified atom stereocenters. The minimum atomic E-state index is 0.193. The lowest BCUT2D eigenvalue weighted by Gasteiger charge is -2.39. The fraction of sp³-hybridized carbons (Fsp3) is 0.619. The Bertz CT molecular complexity index is 725. The van der Waals surface area contributed by atoms with Gasteiger partial charge in [0, 0.05) is 33.2 Å². The lowest BCUT2D eigenvalue weighted by molar-refractivity contribution is 0.102. The number of aromatic nitrogens is 2. The second-order valence-corrected chi connectivity index (χ2v) is 8.19. The summed E-state index contributed by atoms with van der Waals surface area (Å²) in [5.41, 5.74) is 1.72. The Morgan fingerprint density at radius 2 is 1.96 bits per heavy atom. The summed E-state index contributed by atoms with van der Waals surface area (Å²) in [6.07, 6.45) is 4.29. The Hall–Kier alpha value is -1.76. The fourth-order valence-electron chi connectivity index (χ4n) is 4.73. The van der Waals surface area contributed by atoms with Crippen LogP contribution in [0.4, 0.5) is 0 Å². The van der Waals surface area contributed by atoms with Crippen molar-refractivity contribution in [3.63, 3.8) is 0 Å². The fourth-order valence-corrected chi connectivity index (χ4v) is 4.73. The molecule has 27 heavy (non-hydrogen) atoms. The molecule has 1 aromatic carbocycles. The largest absolute Gasteiger partial charge is 0.424 e. The Labute approximate surface area is 161 Å². The quantitative estimate of drug-likeness (QED) is 0.843. The average molecular weight is 370 g/mol. The van der Waals surface area contributed by atoms with E-state index in [-0.39, 0.29) is 12.6 Å². The van der Waals surface area contributed by atoms with Gasteiger partial charge in [0.05, 0.1) is 6.04 Å². The molecular weight excluding hydrogens is 340 g/mol. The Kier molecular flexibility index (Phi) is 5.57. The molecule has 1 aromatic heterocycles. The number of aliphatic hydroxyl groups is 1. The number of hydrogen-bond donors (Lipinski definition) is 1. The smallest absolute Gasteiger partial charge is 0.233 e. The lowest BCUT2D eigenvalue weighted by Crippen LogP contribution is -2.41. The first-order valence-electron chi connectivity index (χ1n) is 10.1. The number of piperidine rings is 1. The Balaban J connectivity index is 1.41. The van der Waals surface area contributed by atoms with Crippen LogP contribution in [0.25, 0.3) is 0 Å². The molecule has 2 aromatic rings. The number of likely N-dealkylation sites (tertiary alicyclic amines) is 2. The van der Waals surface area contributed by atoms with E-state index < -0.39 is 0 Å². The molecule has 2 aliphatic heterocycles. The van der Waals surface area contributed by atoms with Crippen molar-refractivity contribution in [2.75, 3.05) is 32.8 Å². The first-order valence-corrected chi connectivity index (χ1v) is 10.1. The van der Waals surface area contributed by atoms with E-state index in [1.54, 1.807) is 0 Å². The highest BCUT2D eigenvalue weighted by molar-refractivity contribution is 5.14. The van der Waals surface area contributed by atoms with Crippen LogP contribution in [-0.2, 0) is 6.54 Å². The third-order valence-electron chi connectivity index (χ3n) is 6.20. The van der Waals surface area contributed by atoms with E-state index in [0.717, 1.165) is 51.5 Å². The van der Waals surface area contributed by atoms with Gasteiger partial charge in [0.2, 0.25) is 11.8 Å². The van der Waals surface area contributed by atoms with Crippen molar-refractivity contribution in [2.45, 2.75) is 45.2 Å². The molecule has 2 saturated heterocycles. The van der Waals surface area contributed by atoms with Crippen LogP contribution in [0.5, 0.6) is 0 Å². The topological polar surface area (TPSA) is 65.6 Å². The normalized spacial score (nSPS) is 23.3. The molecule has 0 amide bonds. The van der Waals surface area contributed by atoms with Gasteiger partial charge in [-0.25, -0.2) is 0 Å². The predicted octanol–water partition coefficient (Wildman–Crippen LogP) is 2.79. The first kappa shape index (κ1) is 18.6. The van der Waals surface area contributed by atoms with Crippen LogP contribution in [0.1, 0.15) is 49.1 Å². The van der Waals surface area contributed by atoms with Crippen LogP contribution in [0, 0.1) is 12.3 Å². The van der Waals surface area contributed by atoms with Gasteiger partial charge < -0.3 is 9.52 Å². The SMILES string of the molecule is Cc1nnc(C2CC3(CCN(Cc4ccccc4)CC3)CN2CCCO)o1. The van der Waals surface area contributed by atoms with Crippen molar-refractivity contribution < 1.29 is 9.52 Å². The van der Waals surface area contributed by atoms with Gasteiger partial charge in [0.15, 0.2) is 0 Å². The zero-order valence-electron chi connectivity index (χ0n) is 16.2. The second-order valence-electron chi connectivity index (χ2n) is 8.19. The highest BCUT2D eigenvalue weighted by Gasteiger charge is 2.47. The van der Waals surface area contributed by atoms with Gasteiger partial charge in [-0.05, 0) is 49.8 Å². The van der Waals surface area contributed by atoms with Gasteiger partial charge >= 0.3 is 0 Å². The maximum Gasteiger partial charge on any atom is 0.233 e. The molecule has 0 aliphatic carbocycles. The summed E-state index contributed by atoms with van der Waals surface area (Å²) < 4.78 is 5.77. The van der Waals surface area contributed by atoms with Crippen LogP contribution in [0.3, 0.4) is 0 Å². The number of nitrogens with zero attached hydrogens (tertiary/aromatic N) is 4. The minimum Gasteiger partial charge on any atom is -0.424 e. The Morgan fingerprint density at radius 3 is 2.63 bits per heavy atom. The van der Waals surface area contributed by atoms with Crippen LogP contribution >= 0.6 is 0 Å². The van der Waals surface area contributed by atoms with Crippen molar-refractivity contribution in [1.82, 2.24) is 20.0 Å². The van der Waals surface area contributed by atoms with Crippen molar-refractivity contribution >= 4 is 0 Å². The van der Waals surface area contributed by atoms with Gasteiger partial charge in [-0.15, -0.1) is 10.2 Å². The molecule has 2 fully saturated rings. The molecule has 0 radical (unpaired) electrons. The highest BCUT2D eigenvalue weighted by Crippen LogP contribution is 2.48. The summed E-state index contributed by atoms with van der Waals surface area (Å²) in [6.45, 7) is 7.34. The van der Waals surface area contributed by atoms with Gasteiger partial charge in [0.25, 0.3) is 0 Å². The molecule has 6 nitrogen and oxygen atoms in total. The predicted molar refractivity (Wildman–Crippen MR) is 103 cm³/mol. The van der Waals surface area contributed by atoms with Gasteiger partial charge in [-0.3, -0.25) is 9.80 Å². The van der Waals surface area contributed by atoms with E-state index in [4.69, 9.17) is 4.42 Å². The third kappa shape index (κ3) is 4.23. The summed E-state index contributed by atoms with van der Waals surface area (Å²) in [7, 11) is 0. The summed E-state index contributed by atoms with van der Waals surface area (Å²) >= 11 is 0. The van der Waals surface area contributed by atoms with Crippen LogP contribution in [0.15, 0.2) is 34.7 Å². The van der Waals surface area contributed by atoms with Gasteiger partial charge in [-0.2, -0.15) is 0 Å². The standard InChI is InChI=1S/C21H30N4O2/c1-17-22-23-20(27-17)19-14-21(16-25(19)10-5-13-26)8-11-24(12-9-21)15-18-6-3-2-4-7-18/h2-4,6-7,19,26H,5,8-16H2,1H3. The molecule has 4 rings (SSSR count). The van der Waals surface area contributed by atoms with Gasteiger partial charge in [-0.1, -0.05) is 30.3 Å². The molecule has 146 valence electrons. The van der Waals surface area contributed by atoms with Crippen molar-refractivity contribution in [1.29, 1.82) is 0 Å². The number of benzene rings is 1. The van der Waals surface area contributed by atoms with E-state index >= 15 is 0 Å². The summed E-state index contributed by atoms with van der Waals surface area (Å²) in [5.74, 6) is 1.37.